The predicted octanol–water partition coefficient (Wildman–Crippen LogP) is 3.20. The molecule has 1 aromatic carbocycles. The monoisotopic (exact) mass is 349 g/mol. The number of nitrogens with one attached hydrogen (secondary N) is 3. The fourth-order valence-corrected chi connectivity index (χ4v) is 2.53. The summed E-state index contributed by atoms with van der Waals surface area (Å²) in [5.74, 6) is -0.493. The van der Waals surface area contributed by atoms with Crippen molar-refractivity contribution in [1.29, 1.82) is 0 Å². The second kappa shape index (κ2) is 6.55. The van der Waals surface area contributed by atoms with Gasteiger partial charge in [0.25, 0.3) is 0 Å². The number of anilines is 2. The molecule has 0 spiro atoms. The first kappa shape index (κ1) is 15.6. The highest BCUT2D eigenvalue weighted by Gasteiger charge is 2.12. The molecule has 0 aliphatic carbocycles. The van der Waals surface area contributed by atoms with Crippen molar-refractivity contribution in [2.45, 2.75) is 0 Å². The third-order valence-electron chi connectivity index (χ3n) is 3.59. The number of carbonyl (C=O) groups is 1. The number of urea groups is 1. The maximum Gasteiger partial charge on any atom is 0.323 e. The molecule has 0 saturated heterocycles. The molecule has 0 aliphatic rings. The molecule has 128 valence electrons. The topological polar surface area (TPSA) is 108 Å². The van der Waals surface area contributed by atoms with Gasteiger partial charge in [0.05, 0.1) is 23.8 Å². The van der Waals surface area contributed by atoms with E-state index < -0.39 is 11.8 Å². The minimum atomic E-state index is -0.535. The average molecular weight is 349 g/mol. The smallest absolute Gasteiger partial charge is 0.308 e. The van der Waals surface area contributed by atoms with Gasteiger partial charge in [0.2, 0.25) is 0 Å². The molecule has 0 saturated carbocycles. The zero-order valence-corrected chi connectivity index (χ0v) is 13.3. The zero-order chi connectivity index (χ0) is 17.9. The Morgan fingerprint density at radius 2 is 1.88 bits per heavy atom. The largest absolute Gasteiger partial charge is 0.323 e. The van der Waals surface area contributed by atoms with E-state index in [-0.39, 0.29) is 0 Å². The first-order valence-corrected chi connectivity index (χ1v) is 7.62. The first-order valence-electron chi connectivity index (χ1n) is 7.62. The molecular formula is C17H12FN7O. The number of benzene rings is 1. The van der Waals surface area contributed by atoms with Crippen molar-refractivity contribution < 1.29 is 9.18 Å². The lowest BCUT2D eigenvalue weighted by molar-refractivity contribution is 0.262. The Hall–Kier alpha value is -3.88. The van der Waals surface area contributed by atoms with Crippen molar-refractivity contribution in [3.05, 3.63) is 61.1 Å². The highest BCUT2D eigenvalue weighted by molar-refractivity contribution is 6.00. The molecule has 26 heavy (non-hydrogen) atoms. The number of nitrogens with zero attached hydrogens (tertiary/aromatic N) is 4. The van der Waals surface area contributed by atoms with Crippen molar-refractivity contribution in [2.24, 2.45) is 0 Å². The number of rotatable bonds is 3. The Morgan fingerprint density at radius 3 is 2.73 bits per heavy atom. The van der Waals surface area contributed by atoms with Gasteiger partial charge < -0.3 is 10.6 Å². The summed E-state index contributed by atoms with van der Waals surface area (Å²) in [6.07, 6.45) is 5.88. The van der Waals surface area contributed by atoms with Gasteiger partial charge in [-0.3, -0.25) is 5.10 Å². The summed E-state index contributed by atoms with van der Waals surface area (Å²) in [5, 5.41) is 12.9. The van der Waals surface area contributed by atoms with Crippen LogP contribution in [0.25, 0.3) is 22.3 Å². The van der Waals surface area contributed by atoms with E-state index in [1.54, 1.807) is 18.3 Å². The minimum absolute atomic E-state index is 0.293. The molecule has 0 unspecified atom stereocenters. The molecule has 4 aromatic rings. The van der Waals surface area contributed by atoms with E-state index in [1.807, 2.05) is 6.07 Å². The quantitative estimate of drug-likeness (QED) is 0.526. The molecule has 0 fully saturated rings. The highest BCUT2D eigenvalue weighted by atomic mass is 19.1. The molecule has 8 nitrogen and oxygen atoms in total. The van der Waals surface area contributed by atoms with Crippen LogP contribution in [-0.4, -0.2) is 31.2 Å². The lowest BCUT2D eigenvalue weighted by Gasteiger charge is -2.09. The van der Waals surface area contributed by atoms with Crippen molar-refractivity contribution >= 4 is 28.4 Å². The summed E-state index contributed by atoms with van der Waals surface area (Å²) >= 11 is 0. The number of hydrogen-bond acceptors (Lipinski definition) is 5. The van der Waals surface area contributed by atoms with Crippen molar-refractivity contribution in [3.8, 4) is 11.3 Å². The van der Waals surface area contributed by atoms with Gasteiger partial charge in [0.1, 0.15) is 12.1 Å². The Labute approximate surface area is 146 Å². The molecule has 9 heteroatoms. The standard InChI is InChI=1S/C17H12FN7O/c18-11-4-10(15-14-2-1-3-21-16(14)25-24-15)5-12(6-11)22-17(26)23-13-7-19-9-20-8-13/h1-9H,(H,21,24,25)(H2,22,23,26). The van der Waals surface area contributed by atoms with Crippen LogP contribution >= 0.6 is 0 Å². The van der Waals surface area contributed by atoms with Gasteiger partial charge in [0, 0.05) is 22.8 Å². The molecular weight excluding hydrogens is 337 g/mol. The van der Waals surface area contributed by atoms with Gasteiger partial charge in [-0.1, -0.05) is 0 Å². The Kier molecular flexibility index (Phi) is 3.94. The van der Waals surface area contributed by atoms with Crippen LogP contribution in [0.1, 0.15) is 0 Å². The number of fused-ring (bicyclic) bond motifs is 1. The van der Waals surface area contributed by atoms with Gasteiger partial charge in [-0.15, -0.1) is 0 Å². The zero-order valence-electron chi connectivity index (χ0n) is 13.3. The molecule has 4 rings (SSSR count). The average Bonchev–Trinajstić information content (AvgIpc) is 3.06. The summed E-state index contributed by atoms with van der Waals surface area (Å²) in [4.78, 5) is 23.8. The molecule has 3 aromatic heterocycles. The molecule has 0 aliphatic heterocycles. The summed E-state index contributed by atoms with van der Waals surface area (Å²) in [6, 6.07) is 7.29. The van der Waals surface area contributed by atoms with Crippen molar-refractivity contribution in [1.82, 2.24) is 25.1 Å². The van der Waals surface area contributed by atoms with Crippen LogP contribution in [0.4, 0.5) is 20.6 Å². The number of pyridine rings is 1. The maximum atomic E-state index is 14.1. The van der Waals surface area contributed by atoms with Gasteiger partial charge in [0.15, 0.2) is 5.65 Å². The normalized spacial score (nSPS) is 10.7. The highest BCUT2D eigenvalue weighted by Crippen LogP contribution is 2.28. The number of H-pyrrole nitrogens is 1. The third-order valence-corrected chi connectivity index (χ3v) is 3.59. The van der Waals surface area contributed by atoms with Crippen LogP contribution in [0.15, 0.2) is 55.2 Å². The lowest BCUT2D eigenvalue weighted by atomic mass is 10.1. The Morgan fingerprint density at radius 1 is 1.08 bits per heavy atom. The number of hydrogen-bond donors (Lipinski definition) is 3. The number of carbonyl (C=O) groups excluding carboxylic acids is 1. The van der Waals surface area contributed by atoms with Gasteiger partial charge in [-0.2, -0.15) is 5.10 Å². The summed E-state index contributed by atoms with van der Waals surface area (Å²) in [5.41, 5.74) is 2.41. The summed E-state index contributed by atoms with van der Waals surface area (Å²) in [6.45, 7) is 0. The third kappa shape index (κ3) is 3.18. The molecule has 2 amide bonds. The van der Waals surface area contributed by atoms with Gasteiger partial charge in [-0.05, 0) is 30.3 Å². The lowest BCUT2D eigenvalue weighted by Crippen LogP contribution is -2.19. The van der Waals surface area contributed by atoms with E-state index in [9.17, 15) is 9.18 Å². The second-order valence-electron chi connectivity index (χ2n) is 5.41. The van der Waals surface area contributed by atoms with Crippen LogP contribution < -0.4 is 10.6 Å². The van der Waals surface area contributed by atoms with E-state index >= 15 is 0 Å². The molecule has 3 N–H and O–H groups in total. The van der Waals surface area contributed by atoms with Crippen molar-refractivity contribution in [3.63, 3.8) is 0 Å². The summed E-state index contributed by atoms with van der Waals surface area (Å²) in [7, 11) is 0. The van der Waals surface area contributed by atoms with Crippen LogP contribution in [-0.2, 0) is 0 Å². The summed E-state index contributed by atoms with van der Waals surface area (Å²) < 4.78 is 14.1. The first-order chi connectivity index (χ1) is 12.7. The number of aromatic amines is 1. The maximum absolute atomic E-state index is 14.1. The van der Waals surface area contributed by atoms with E-state index in [4.69, 9.17) is 0 Å². The number of amides is 2. The molecule has 0 bridgehead atoms. The fraction of sp³-hybridized carbons (Fsp3) is 0. The van der Waals surface area contributed by atoms with Gasteiger partial charge >= 0.3 is 6.03 Å². The van der Waals surface area contributed by atoms with E-state index in [0.717, 1.165) is 5.39 Å². The van der Waals surface area contributed by atoms with E-state index in [2.05, 4.69) is 35.8 Å². The Bertz CT molecular complexity index is 1080. The predicted molar refractivity (Wildman–Crippen MR) is 94.0 cm³/mol. The van der Waals surface area contributed by atoms with E-state index in [1.165, 1.54) is 30.9 Å². The minimum Gasteiger partial charge on any atom is -0.308 e. The molecule has 0 atom stereocenters. The van der Waals surface area contributed by atoms with Crippen LogP contribution in [0.3, 0.4) is 0 Å². The molecule has 3 heterocycles. The Balaban J connectivity index is 1.61. The van der Waals surface area contributed by atoms with Crippen molar-refractivity contribution in [2.75, 3.05) is 10.6 Å². The van der Waals surface area contributed by atoms with Gasteiger partial charge in [-0.25, -0.2) is 24.1 Å². The SMILES string of the molecule is O=C(Nc1cncnc1)Nc1cc(F)cc(-c2[nH]nc3ncccc23)c1. The number of halogens is 1. The van der Waals surface area contributed by atoms with E-state index in [0.29, 0.717) is 28.3 Å². The van der Waals surface area contributed by atoms with Crippen LogP contribution in [0, 0.1) is 5.82 Å². The second-order valence-corrected chi connectivity index (χ2v) is 5.41. The number of aromatic nitrogens is 5. The molecule has 0 radical (unpaired) electrons. The van der Waals surface area contributed by atoms with Crippen LogP contribution in [0.2, 0.25) is 0 Å². The van der Waals surface area contributed by atoms with Crippen LogP contribution in [0.5, 0.6) is 0 Å². The fourth-order valence-electron chi connectivity index (χ4n) is 2.53.